The van der Waals surface area contributed by atoms with E-state index in [0.29, 0.717) is 13.0 Å². The molecule has 0 aliphatic rings. The number of hydrogen-bond donors (Lipinski definition) is 1. The van der Waals surface area contributed by atoms with Crippen LogP contribution in [0.25, 0.3) is 0 Å². The second-order valence-corrected chi connectivity index (χ2v) is 5.09. The molecule has 0 aliphatic carbocycles. The van der Waals surface area contributed by atoms with E-state index >= 15 is 0 Å². The minimum Gasteiger partial charge on any atom is -0.374 e. The molecular formula is C16H26FNO. The van der Waals surface area contributed by atoms with Crippen molar-refractivity contribution in [3.05, 3.63) is 35.1 Å². The second kappa shape index (κ2) is 7.01. The van der Waals surface area contributed by atoms with Gasteiger partial charge in [0.05, 0.1) is 5.60 Å². The van der Waals surface area contributed by atoms with Crippen molar-refractivity contribution < 1.29 is 9.13 Å². The lowest BCUT2D eigenvalue weighted by molar-refractivity contribution is -0.0633. The Morgan fingerprint density at radius 3 is 2.37 bits per heavy atom. The van der Waals surface area contributed by atoms with E-state index < -0.39 is 0 Å². The van der Waals surface area contributed by atoms with Crippen molar-refractivity contribution in [1.29, 1.82) is 0 Å². The van der Waals surface area contributed by atoms with E-state index in [-0.39, 0.29) is 17.5 Å². The molecule has 1 rings (SSSR count). The summed E-state index contributed by atoms with van der Waals surface area (Å²) in [6, 6.07) is 4.80. The Morgan fingerprint density at radius 2 is 1.89 bits per heavy atom. The molecule has 1 aromatic carbocycles. The maximum absolute atomic E-state index is 13.1. The van der Waals surface area contributed by atoms with Gasteiger partial charge in [-0.3, -0.25) is 0 Å². The van der Waals surface area contributed by atoms with E-state index in [1.165, 1.54) is 6.07 Å². The molecule has 1 aromatic rings. The zero-order valence-electron chi connectivity index (χ0n) is 12.5. The zero-order chi connectivity index (χ0) is 14.5. The lowest BCUT2D eigenvalue weighted by Crippen LogP contribution is -2.50. The van der Waals surface area contributed by atoms with Crippen molar-refractivity contribution >= 4 is 0 Å². The summed E-state index contributed by atoms with van der Waals surface area (Å²) < 4.78 is 19.0. The molecule has 0 fully saturated rings. The van der Waals surface area contributed by atoms with Gasteiger partial charge in [0.15, 0.2) is 0 Å². The van der Waals surface area contributed by atoms with Crippen LogP contribution in [0.2, 0.25) is 0 Å². The molecule has 0 amide bonds. The summed E-state index contributed by atoms with van der Waals surface area (Å²) in [4.78, 5) is 0. The number of rotatable bonds is 7. The van der Waals surface area contributed by atoms with Gasteiger partial charge in [0.2, 0.25) is 0 Å². The topological polar surface area (TPSA) is 35.2 Å². The van der Waals surface area contributed by atoms with Crippen molar-refractivity contribution in [2.45, 2.75) is 58.6 Å². The van der Waals surface area contributed by atoms with Crippen molar-refractivity contribution in [1.82, 2.24) is 0 Å². The molecular weight excluding hydrogens is 241 g/mol. The number of halogens is 1. The highest BCUT2D eigenvalue weighted by Crippen LogP contribution is 2.27. The number of nitrogens with two attached hydrogens (primary N) is 1. The SMILES string of the molecule is CCOC(CC)(CC)C(N)Cc1ccc(F)cc1C. The monoisotopic (exact) mass is 267 g/mol. The highest BCUT2D eigenvalue weighted by molar-refractivity contribution is 5.27. The van der Waals surface area contributed by atoms with Gasteiger partial charge in [-0.15, -0.1) is 0 Å². The Morgan fingerprint density at radius 1 is 1.26 bits per heavy atom. The van der Waals surface area contributed by atoms with Crippen molar-refractivity contribution in [3.8, 4) is 0 Å². The summed E-state index contributed by atoms with van der Waals surface area (Å²) in [5.41, 5.74) is 8.15. The number of hydrogen-bond acceptors (Lipinski definition) is 2. The van der Waals surface area contributed by atoms with E-state index in [0.717, 1.165) is 24.0 Å². The molecule has 0 bridgehead atoms. The fourth-order valence-corrected chi connectivity index (χ4v) is 2.68. The van der Waals surface area contributed by atoms with Crippen LogP contribution in [0.4, 0.5) is 4.39 Å². The minimum atomic E-state index is -0.282. The Hall–Kier alpha value is -0.930. The van der Waals surface area contributed by atoms with Crippen LogP contribution in [0.5, 0.6) is 0 Å². The van der Waals surface area contributed by atoms with Gasteiger partial charge in [-0.05, 0) is 56.4 Å². The van der Waals surface area contributed by atoms with E-state index in [2.05, 4.69) is 13.8 Å². The predicted octanol–water partition coefficient (Wildman–Crippen LogP) is 3.60. The smallest absolute Gasteiger partial charge is 0.123 e. The highest BCUT2D eigenvalue weighted by atomic mass is 19.1. The third-order valence-corrected chi connectivity index (χ3v) is 4.05. The van der Waals surface area contributed by atoms with Gasteiger partial charge in [0.25, 0.3) is 0 Å². The Bertz CT molecular complexity index is 402. The van der Waals surface area contributed by atoms with Crippen molar-refractivity contribution in [3.63, 3.8) is 0 Å². The molecule has 0 radical (unpaired) electrons. The van der Waals surface area contributed by atoms with Crippen LogP contribution in [0.15, 0.2) is 18.2 Å². The van der Waals surface area contributed by atoms with Gasteiger partial charge in [-0.25, -0.2) is 4.39 Å². The Labute approximate surface area is 116 Å². The summed E-state index contributed by atoms with van der Waals surface area (Å²) in [5.74, 6) is -0.197. The molecule has 19 heavy (non-hydrogen) atoms. The molecule has 2 nitrogen and oxygen atoms in total. The lowest BCUT2D eigenvalue weighted by atomic mass is 9.84. The quantitative estimate of drug-likeness (QED) is 0.819. The predicted molar refractivity (Wildman–Crippen MR) is 77.8 cm³/mol. The van der Waals surface area contributed by atoms with Crippen molar-refractivity contribution in [2.24, 2.45) is 5.73 Å². The van der Waals surface area contributed by atoms with Crippen LogP contribution in [0.3, 0.4) is 0 Å². The van der Waals surface area contributed by atoms with Gasteiger partial charge in [0.1, 0.15) is 5.82 Å². The van der Waals surface area contributed by atoms with E-state index in [1.807, 2.05) is 19.9 Å². The molecule has 0 heterocycles. The Balaban J connectivity index is 2.89. The average molecular weight is 267 g/mol. The van der Waals surface area contributed by atoms with E-state index in [9.17, 15) is 4.39 Å². The summed E-state index contributed by atoms with van der Waals surface area (Å²) in [6.07, 6.45) is 2.49. The largest absolute Gasteiger partial charge is 0.374 e. The molecule has 0 saturated heterocycles. The van der Waals surface area contributed by atoms with E-state index in [1.54, 1.807) is 6.07 Å². The van der Waals surface area contributed by atoms with Crippen LogP contribution in [-0.2, 0) is 11.2 Å². The fourth-order valence-electron chi connectivity index (χ4n) is 2.68. The van der Waals surface area contributed by atoms with Crippen LogP contribution in [0.1, 0.15) is 44.7 Å². The Kier molecular flexibility index (Phi) is 5.95. The zero-order valence-corrected chi connectivity index (χ0v) is 12.5. The molecule has 0 saturated carbocycles. The van der Waals surface area contributed by atoms with Gasteiger partial charge in [0, 0.05) is 12.6 Å². The van der Waals surface area contributed by atoms with Gasteiger partial charge >= 0.3 is 0 Å². The molecule has 0 aromatic heterocycles. The molecule has 2 N–H and O–H groups in total. The minimum absolute atomic E-state index is 0.0772. The summed E-state index contributed by atoms with van der Waals surface area (Å²) in [6.45, 7) is 8.80. The maximum Gasteiger partial charge on any atom is 0.123 e. The summed E-state index contributed by atoms with van der Waals surface area (Å²) in [5, 5.41) is 0. The first-order valence-electron chi connectivity index (χ1n) is 7.13. The van der Waals surface area contributed by atoms with Gasteiger partial charge in [-0.1, -0.05) is 19.9 Å². The lowest BCUT2D eigenvalue weighted by Gasteiger charge is -2.37. The van der Waals surface area contributed by atoms with Gasteiger partial charge in [-0.2, -0.15) is 0 Å². The summed E-state index contributed by atoms with van der Waals surface area (Å²) >= 11 is 0. The first-order chi connectivity index (χ1) is 8.99. The number of aryl methyl sites for hydroxylation is 1. The normalized spacial score (nSPS) is 13.6. The molecule has 0 spiro atoms. The van der Waals surface area contributed by atoms with Crippen LogP contribution in [-0.4, -0.2) is 18.2 Å². The first kappa shape index (κ1) is 16.1. The summed E-state index contributed by atoms with van der Waals surface area (Å²) in [7, 11) is 0. The number of benzene rings is 1. The van der Waals surface area contributed by atoms with Crippen LogP contribution in [0, 0.1) is 12.7 Å². The molecule has 1 unspecified atom stereocenters. The van der Waals surface area contributed by atoms with Crippen molar-refractivity contribution in [2.75, 3.05) is 6.61 Å². The first-order valence-corrected chi connectivity index (χ1v) is 7.13. The fraction of sp³-hybridized carbons (Fsp3) is 0.625. The molecule has 108 valence electrons. The third-order valence-electron chi connectivity index (χ3n) is 4.05. The van der Waals surface area contributed by atoms with Gasteiger partial charge < -0.3 is 10.5 Å². The molecule has 0 aliphatic heterocycles. The number of ether oxygens (including phenoxy) is 1. The average Bonchev–Trinajstić information content (AvgIpc) is 2.39. The van der Waals surface area contributed by atoms with E-state index in [4.69, 9.17) is 10.5 Å². The van der Waals surface area contributed by atoms with Crippen LogP contribution >= 0.6 is 0 Å². The third kappa shape index (κ3) is 3.77. The molecule has 1 atom stereocenters. The molecule has 3 heteroatoms. The standard InChI is InChI=1S/C16H26FNO/c1-5-16(6-2,19-7-3)15(18)11-13-8-9-14(17)10-12(13)4/h8-10,15H,5-7,11,18H2,1-4H3. The second-order valence-electron chi connectivity index (χ2n) is 5.09. The highest BCUT2D eigenvalue weighted by Gasteiger charge is 2.34. The maximum atomic E-state index is 13.1. The van der Waals surface area contributed by atoms with Crippen LogP contribution < -0.4 is 5.73 Å².